The summed E-state index contributed by atoms with van der Waals surface area (Å²) in [5.41, 5.74) is -1.02. The van der Waals surface area contributed by atoms with Crippen molar-refractivity contribution in [1.82, 2.24) is 4.90 Å². The van der Waals surface area contributed by atoms with Crippen LogP contribution in [0.15, 0.2) is 30.3 Å². The van der Waals surface area contributed by atoms with Gasteiger partial charge < -0.3 is 19.3 Å². The normalized spacial score (nSPS) is 20.1. The van der Waals surface area contributed by atoms with Gasteiger partial charge in [-0.3, -0.25) is 4.90 Å². The van der Waals surface area contributed by atoms with Crippen molar-refractivity contribution < 1.29 is 28.9 Å². The molecule has 2 rings (SSSR count). The third kappa shape index (κ3) is 5.44. The second-order valence-electron chi connectivity index (χ2n) is 7.27. The first-order valence-electron chi connectivity index (χ1n) is 8.71. The Balaban J connectivity index is 1.95. The van der Waals surface area contributed by atoms with Crippen molar-refractivity contribution >= 4 is 12.1 Å². The van der Waals surface area contributed by atoms with Gasteiger partial charge >= 0.3 is 12.1 Å². The van der Waals surface area contributed by atoms with Crippen LogP contribution in [0.3, 0.4) is 0 Å². The summed E-state index contributed by atoms with van der Waals surface area (Å²) in [7, 11) is 0. The van der Waals surface area contributed by atoms with Crippen molar-refractivity contribution in [2.24, 2.45) is 0 Å². The highest BCUT2D eigenvalue weighted by molar-refractivity contribution is 5.72. The molecule has 1 unspecified atom stereocenters. The van der Waals surface area contributed by atoms with Crippen LogP contribution in [0.1, 0.15) is 39.2 Å². The Hall–Kier alpha value is -2.12. The molecular weight excluding hydrogens is 338 g/mol. The van der Waals surface area contributed by atoms with Gasteiger partial charge in [-0.15, -0.1) is 0 Å². The van der Waals surface area contributed by atoms with Gasteiger partial charge in [0, 0.05) is 6.54 Å². The molecule has 0 saturated carbocycles. The van der Waals surface area contributed by atoms with E-state index in [9.17, 15) is 14.7 Å². The van der Waals surface area contributed by atoms with E-state index in [1.54, 1.807) is 20.8 Å². The Morgan fingerprint density at radius 2 is 1.92 bits per heavy atom. The summed E-state index contributed by atoms with van der Waals surface area (Å²) < 4.78 is 16.2. The van der Waals surface area contributed by atoms with Crippen LogP contribution < -0.4 is 0 Å². The minimum atomic E-state index is -1.26. The fraction of sp³-hybridized carbons (Fsp3) is 0.579. The zero-order valence-electron chi connectivity index (χ0n) is 15.6. The lowest BCUT2D eigenvalue weighted by molar-refractivity contribution is -0.184. The first kappa shape index (κ1) is 20.2. The number of hydrogen-bond donors (Lipinski definition) is 1. The summed E-state index contributed by atoms with van der Waals surface area (Å²) in [6.07, 6.45) is 0.492. The van der Waals surface area contributed by atoms with E-state index in [1.165, 1.54) is 4.90 Å². The zero-order chi connectivity index (χ0) is 19.2. The Morgan fingerprint density at radius 3 is 2.54 bits per heavy atom. The molecule has 1 aliphatic heterocycles. The van der Waals surface area contributed by atoms with Gasteiger partial charge in [0.2, 0.25) is 0 Å². The second-order valence-corrected chi connectivity index (χ2v) is 7.27. The van der Waals surface area contributed by atoms with E-state index >= 15 is 0 Å². The monoisotopic (exact) mass is 365 g/mol. The van der Waals surface area contributed by atoms with Gasteiger partial charge in [-0.1, -0.05) is 30.3 Å². The maximum Gasteiger partial charge on any atom is 0.412 e. The van der Waals surface area contributed by atoms with Crippen LogP contribution in [-0.4, -0.2) is 53.2 Å². The summed E-state index contributed by atoms with van der Waals surface area (Å²) in [4.78, 5) is 25.7. The highest BCUT2D eigenvalue weighted by Crippen LogP contribution is 2.31. The topological polar surface area (TPSA) is 85.3 Å². The lowest BCUT2D eigenvalue weighted by Gasteiger charge is -2.36. The van der Waals surface area contributed by atoms with Crippen molar-refractivity contribution in [1.29, 1.82) is 0 Å². The Labute approximate surface area is 153 Å². The predicted molar refractivity (Wildman–Crippen MR) is 94.2 cm³/mol. The lowest BCUT2D eigenvalue weighted by Crippen LogP contribution is -2.53. The van der Waals surface area contributed by atoms with Crippen LogP contribution >= 0.6 is 0 Å². The van der Waals surface area contributed by atoms with Crippen molar-refractivity contribution in [2.45, 2.75) is 51.5 Å². The molecule has 26 heavy (non-hydrogen) atoms. The molecule has 1 saturated heterocycles. The predicted octanol–water partition coefficient (Wildman–Crippen LogP) is 2.47. The molecular formula is C19H27NO6. The van der Waals surface area contributed by atoms with Gasteiger partial charge in [-0.25, -0.2) is 9.59 Å². The van der Waals surface area contributed by atoms with Gasteiger partial charge in [0.05, 0.1) is 6.61 Å². The molecule has 1 fully saturated rings. The van der Waals surface area contributed by atoms with E-state index in [1.807, 2.05) is 30.3 Å². The number of carbonyl (C=O) groups excluding carboxylic acids is 2. The summed E-state index contributed by atoms with van der Waals surface area (Å²) in [6, 6.07) is 9.32. The van der Waals surface area contributed by atoms with E-state index in [0.29, 0.717) is 19.4 Å². The molecule has 1 heterocycles. The van der Waals surface area contributed by atoms with Gasteiger partial charge in [0.1, 0.15) is 18.8 Å². The first-order chi connectivity index (χ1) is 12.3. The third-order valence-electron chi connectivity index (χ3n) is 3.99. The molecule has 0 bridgehead atoms. The summed E-state index contributed by atoms with van der Waals surface area (Å²) in [5, 5.41) is 9.84. The molecule has 0 spiro atoms. The smallest absolute Gasteiger partial charge is 0.412 e. The number of nitrogens with zero attached hydrogens (tertiary/aromatic N) is 1. The molecule has 1 N–H and O–H groups in total. The SMILES string of the molecule is CC(C)(C)OC(=O)COC1(CO)CCCN1C(=O)OCc1ccccc1. The number of benzene rings is 1. The summed E-state index contributed by atoms with van der Waals surface area (Å²) >= 11 is 0. The number of likely N-dealkylation sites (tertiary alicyclic amines) is 1. The molecule has 0 radical (unpaired) electrons. The van der Waals surface area contributed by atoms with Gasteiger partial charge in [0.15, 0.2) is 5.72 Å². The molecule has 7 heteroatoms. The van der Waals surface area contributed by atoms with Crippen LogP contribution in [0.25, 0.3) is 0 Å². The molecule has 1 aromatic rings. The number of amides is 1. The highest BCUT2D eigenvalue weighted by Gasteiger charge is 2.46. The van der Waals surface area contributed by atoms with Crippen LogP contribution in [0.4, 0.5) is 4.79 Å². The standard InChI is InChI=1S/C19H27NO6/c1-18(2,3)26-16(22)13-25-19(14-21)10-7-11-20(19)17(23)24-12-15-8-5-4-6-9-15/h4-6,8-9,21H,7,10-14H2,1-3H3. The molecule has 1 aromatic carbocycles. The molecule has 1 aliphatic rings. The summed E-state index contributed by atoms with van der Waals surface area (Å²) in [5.74, 6) is -0.546. The number of hydrogen-bond acceptors (Lipinski definition) is 6. The van der Waals surface area contributed by atoms with Crippen LogP contribution in [0, 0.1) is 0 Å². The number of ether oxygens (including phenoxy) is 3. The molecule has 7 nitrogen and oxygen atoms in total. The third-order valence-corrected chi connectivity index (χ3v) is 3.99. The average Bonchev–Trinajstić information content (AvgIpc) is 3.02. The highest BCUT2D eigenvalue weighted by atomic mass is 16.6. The van der Waals surface area contributed by atoms with E-state index in [0.717, 1.165) is 5.56 Å². The number of rotatable bonds is 6. The van der Waals surface area contributed by atoms with Gasteiger partial charge in [-0.05, 0) is 39.2 Å². The number of aliphatic hydroxyl groups excluding tert-OH is 1. The number of esters is 1. The van der Waals surface area contributed by atoms with E-state index in [4.69, 9.17) is 14.2 Å². The minimum absolute atomic E-state index is 0.129. The Morgan fingerprint density at radius 1 is 1.23 bits per heavy atom. The molecule has 0 aliphatic carbocycles. The fourth-order valence-electron chi connectivity index (χ4n) is 2.83. The van der Waals surface area contributed by atoms with Gasteiger partial charge in [-0.2, -0.15) is 0 Å². The molecule has 0 aromatic heterocycles. The van der Waals surface area contributed by atoms with E-state index in [2.05, 4.69) is 0 Å². The molecule has 144 valence electrons. The number of aliphatic hydroxyl groups is 1. The van der Waals surface area contributed by atoms with Crippen molar-refractivity contribution in [3.63, 3.8) is 0 Å². The first-order valence-corrected chi connectivity index (χ1v) is 8.71. The summed E-state index contributed by atoms with van der Waals surface area (Å²) in [6.45, 7) is 5.03. The quantitative estimate of drug-likeness (QED) is 0.780. The molecule has 1 amide bonds. The van der Waals surface area contributed by atoms with Crippen molar-refractivity contribution in [3.8, 4) is 0 Å². The maximum absolute atomic E-state index is 12.5. The Kier molecular flexibility index (Phi) is 6.61. The molecule has 1 atom stereocenters. The van der Waals surface area contributed by atoms with Gasteiger partial charge in [0.25, 0.3) is 0 Å². The Bertz CT molecular complexity index is 612. The minimum Gasteiger partial charge on any atom is -0.458 e. The van der Waals surface area contributed by atoms with Crippen molar-refractivity contribution in [3.05, 3.63) is 35.9 Å². The fourth-order valence-corrected chi connectivity index (χ4v) is 2.83. The largest absolute Gasteiger partial charge is 0.458 e. The number of carbonyl (C=O) groups is 2. The maximum atomic E-state index is 12.5. The van der Waals surface area contributed by atoms with Crippen LogP contribution in [0.5, 0.6) is 0 Å². The second kappa shape index (κ2) is 8.51. The van der Waals surface area contributed by atoms with Crippen LogP contribution in [0.2, 0.25) is 0 Å². The average molecular weight is 365 g/mol. The lowest BCUT2D eigenvalue weighted by atomic mass is 10.1. The zero-order valence-corrected chi connectivity index (χ0v) is 15.6. The van der Waals surface area contributed by atoms with Crippen molar-refractivity contribution in [2.75, 3.05) is 19.8 Å². The van der Waals surface area contributed by atoms with E-state index in [-0.39, 0.29) is 13.2 Å². The van der Waals surface area contributed by atoms with Crippen LogP contribution in [-0.2, 0) is 25.6 Å². The van der Waals surface area contributed by atoms with E-state index < -0.39 is 30.0 Å².